The van der Waals surface area contributed by atoms with Gasteiger partial charge in [-0.1, -0.05) is 29.6 Å². The molecule has 1 saturated carbocycles. The van der Waals surface area contributed by atoms with Crippen molar-refractivity contribution in [3.8, 4) is 5.75 Å². The number of nitrogens with zero attached hydrogens (tertiary/aromatic N) is 2. The van der Waals surface area contributed by atoms with Crippen LogP contribution in [0.5, 0.6) is 5.75 Å². The average molecular weight is 411 g/mol. The van der Waals surface area contributed by atoms with E-state index >= 15 is 0 Å². The number of hydrogen-bond acceptors (Lipinski definition) is 4. The summed E-state index contributed by atoms with van der Waals surface area (Å²) in [5, 5.41) is 14.7. The Bertz CT molecular complexity index is 757. The van der Waals surface area contributed by atoms with E-state index in [1.807, 2.05) is 0 Å². The molecule has 1 heterocycles. The zero-order valence-electron chi connectivity index (χ0n) is 13.4. The molecule has 10 heteroatoms. The minimum Gasteiger partial charge on any atom is -0.482 e. The van der Waals surface area contributed by atoms with Crippen LogP contribution in [0.2, 0.25) is 10.0 Å². The van der Waals surface area contributed by atoms with Gasteiger partial charge in [0.2, 0.25) is 0 Å². The van der Waals surface area contributed by atoms with Crippen LogP contribution in [0, 0.1) is 5.92 Å². The molecular weight excluding hydrogens is 396 g/mol. The third-order valence-corrected chi connectivity index (χ3v) is 5.06. The summed E-state index contributed by atoms with van der Waals surface area (Å²) in [6, 6.07) is 4.27. The number of fused-ring (bicyclic) bond motifs is 1. The number of benzene rings is 1. The Hall–Kier alpha value is -1.51. The van der Waals surface area contributed by atoms with Crippen molar-refractivity contribution in [2.75, 3.05) is 6.61 Å². The lowest BCUT2D eigenvalue weighted by atomic mass is 9.80. The summed E-state index contributed by atoms with van der Waals surface area (Å²) in [4.78, 5) is 12.4. The molecule has 0 spiro atoms. The number of hydrogen-bond donors (Lipinski definition) is 1. The fourth-order valence-corrected chi connectivity index (χ4v) is 3.59. The Morgan fingerprint density at radius 3 is 2.81 bits per heavy atom. The number of aliphatic hydroxyl groups is 1. The first-order valence-electron chi connectivity index (χ1n) is 7.92. The van der Waals surface area contributed by atoms with Crippen LogP contribution in [0.4, 0.5) is 13.2 Å². The number of hydrazone groups is 1. The maximum atomic E-state index is 13.6. The van der Waals surface area contributed by atoms with Crippen molar-refractivity contribution in [3.05, 3.63) is 28.2 Å². The van der Waals surface area contributed by atoms with Crippen molar-refractivity contribution < 1.29 is 27.8 Å². The highest BCUT2D eigenvalue weighted by Gasteiger charge is 2.68. The van der Waals surface area contributed by atoms with Crippen LogP contribution in [0.25, 0.3) is 0 Å². The molecule has 0 saturated heterocycles. The fraction of sp³-hybridized carbons (Fsp3) is 0.500. The quantitative estimate of drug-likeness (QED) is 0.818. The van der Waals surface area contributed by atoms with Gasteiger partial charge in [-0.25, -0.2) is 0 Å². The van der Waals surface area contributed by atoms with E-state index in [9.17, 15) is 23.1 Å². The third kappa shape index (κ3) is 3.25. The van der Waals surface area contributed by atoms with Crippen LogP contribution in [0.3, 0.4) is 0 Å². The van der Waals surface area contributed by atoms with Crippen LogP contribution < -0.4 is 4.74 Å². The first kappa shape index (κ1) is 19.3. The number of carbonyl (C=O) groups is 1. The molecule has 0 radical (unpaired) electrons. The number of halogens is 5. The van der Waals surface area contributed by atoms with E-state index < -0.39 is 30.3 Å². The highest BCUT2D eigenvalue weighted by atomic mass is 35.5. The van der Waals surface area contributed by atoms with Crippen LogP contribution in [-0.2, 0) is 4.79 Å². The molecule has 142 valence electrons. The molecule has 3 rings (SSSR count). The molecular formula is C16H15Cl2F3N2O3. The summed E-state index contributed by atoms with van der Waals surface area (Å²) in [5.41, 5.74) is -3.17. The van der Waals surface area contributed by atoms with Gasteiger partial charge in [-0.3, -0.25) is 4.79 Å². The fourth-order valence-electron chi connectivity index (χ4n) is 3.25. The second-order valence-corrected chi connectivity index (χ2v) is 7.03. The molecule has 2 atom stereocenters. The zero-order chi connectivity index (χ0) is 19.1. The van der Waals surface area contributed by atoms with E-state index in [4.69, 9.17) is 27.9 Å². The van der Waals surface area contributed by atoms with Gasteiger partial charge >= 0.3 is 6.18 Å². The lowest BCUT2D eigenvalue weighted by molar-refractivity contribution is -0.317. The normalized spacial score (nSPS) is 25.7. The molecule has 5 nitrogen and oxygen atoms in total. The van der Waals surface area contributed by atoms with E-state index in [0.717, 1.165) is 0 Å². The van der Waals surface area contributed by atoms with Crippen molar-refractivity contribution in [1.82, 2.24) is 5.01 Å². The average Bonchev–Trinajstić information content (AvgIpc) is 2.90. The van der Waals surface area contributed by atoms with Crippen LogP contribution in [0.15, 0.2) is 23.3 Å². The smallest absolute Gasteiger partial charge is 0.439 e. The Kier molecular flexibility index (Phi) is 5.11. The lowest BCUT2D eigenvalue weighted by Gasteiger charge is -2.38. The van der Waals surface area contributed by atoms with Gasteiger partial charge in [-0.15, -0.1) is 0 Å². The molecule has 1 aromatic carbocycles. The topological polar surface area (TPSA) is 62.1 Å². The molecule has 1 aromatic rings. The van der Waals surface area contributed by atoms with Gasteiger partial charge in [0.15, 0.2) is 6.61 Å². The molecule has 26 heavy (non-hydrogen) atoms. The van der Waals surface area contributed by atoms with E-state index in [-0.39, 0.29) is 32.9 Å². The summed E-state index contributed by atoms with van der Waals surface area (Å²) < 4.78 is 46.0. The maximum Gasteiger partial charge on any atom is 0.439 e. The highest BCUT2D eigenvalue weighted by Crippen LogP contribution is 2.48. The number of carbonyl (C=O) groups excluding carboxylic acids is 1. The third-order valence-electron chi connectivity index (χ3n) is 4.51. The second-order valence-electron chi connectivity index (χ2n) is 6.18. The number of ether oxygens (including phenoxy) is 1. The van der Waals surface area contributed by atoms with Gasteiger partial charge in [-0.2, -0.15) is 23.3 Å². The Morgan fingerprint density at radius 1 is 1.38 bits per heavy atom. The first-order valence-corrected chi connectivity index (χ1v) is 8.67. The number of amides is 1. The Morgan fingerprint density at radius 2 is 2.12 bits per heavy atom. The standard InChI is InChI=1S/C16H15Cl2F3N2O3/c17-9-5-6-11(18)13(7-9)26-8-14(24)23-15(25,16(19,20)21)10-3-1-2-4-12(10)22-23/h5-7,10,25H,1-4,8H2/t10-,15-/m1/s1. The molecule has 0 bridgehead atoms. The molecule has 0 unspecified atom stereocenters. The molecule has 1 fully saturated rings. The van der Waals surface area contributed by atoms with Gasteiger partial charge in [0, 0.05) is 16.8 Å². The van der Waals surface area contributed by atoms with Gasteiger partial charge < -0.3 is 9.84 Å². The number of rotatable bonds is 3. The van der Waals surface area contributed by atoms with E-state index in [2.05, 4.69) is 5.10 Å². The summed E-state index contributed by atoms with van der Waals surface area (Å²) in [6.07, 6.45) is -3.43. The monoisotopic (exact) mass is 410 g/mol. The predicted molar refractivity (Wildman–Crippen MR) is 89.2 cm³/mol. The predicted octanol–water partition coefficient (Wildman–Crippen LogP) is 4.01. The van der Waals surface area contributed by atoms with E-state index in [0.29, 0.717) is 19.3 Å². The van der Waals surface area contributed by atoms with Crippen LogP contribution in [0.1, 0.15) is 25.7 Å². The maximum absolute atomic E-state index is 13.6. The van der Waals surface area contributed by atoms with Gasteiger partial charge in [0.1, 0.15) is 5.75 Å². The molecule has 1 N–H and O–H groups in total. The van der Waals surface area contributed by atoms with Crippen molar-refractivity contribution in [1.29, 1.82) is 0 Å². The van der Waals surface area contributed by atoms with Crippen molar-refractivity contribution >= 4 is 34.8 Å². The minimum absolute atomic E-state index is 0.0485. The SMILES string of the molecule is O=C(COc1cc(Cl)ccc1Cl)N1N=C2CCCC[C@H]2[C@@]1(O)C(F)(F)F. The van der Waals surface area contributed by atoms with Crippen LogP contribution >= 0.6 is 23.2 Å². The summed E-state index contributed by atoms with van der Waals surface area (Å²) in [7, 11) is 0. The summed E-state index contributed by atoms with van der Waals surface area (Å²) in [6.45, 7) is -0.776. The Labute approximate surface area is 157 Å². The molecule has 1 aliphatic carbocycles. The van der Waals surface area contributed by atoms with Crippen molar-refractivity contribution in [2.45, 2.75) is 37.6 Å². The first-order chi connectivity index (χ1) is 12.1. The molecule has 0 aromatic heterocycles. The zero-order valence-corrected chi connectivity index (χ0v) is 14.9. The largest absolute Gasteiger partial charge is 0.482 e. The van der Waals surface area contributed by atoms with E-state index in [1.54, 1.807) is 0 Å². The lowest BCUT2D eigenvalue weighted by Crippen LogP contribution is -2.62. The molecule has 2 aliphatic rings. The molecule has 1 amide bonds. The van der Waals surface area contributed by atoms with Crippen LogP contribution in [-0.4, -0.2) is 40.2 Å². The second kappa shape index (κ2) is 6.90. The van der Waals surface area contributed by atoms with Crippen molar-refractivity contribution in [3.63, 3.8) is 0 Å². The van der Waals surface area contributed by atoms with Crippen molar-refractivity contribution in [2.24, 2.45) is 11.0 Å². The summed E-state index contributed by atoms with van der Waals surface area (Å²) in [5.74, 6) is -2.33. The highest BCUT2D eigenvalue weighted by molar-refractivity contribution is 6.34. The number of alkyl halides is 3. The van der Waals surface area contributed by atoms with Gasteiger partial charge in [-0.05, 0) is 31.4 Å². The minimum atomic E-state index is -5.05. The van der Waals surface area contributed by atoms with E-state index in [1.165, 1.54) is 18.2 Å². The molecule has 1 aliphatic heterocycles. The summed E-state index contributed by atoms with van der Waals surface area (Å²) >= 11 is 11.7. The van der Waals surface area contributed by atoms with Gasteiger partial charge in [0.25, 0.3) is 11.6 Å². The van der Waals surface area contributed by atoms with Gasteiger partial charge in [0.05, 0.1) is 10.9 Å². The Balaban J connectivity index is 1.82.